The number of amides is 3. The van der Waals surface area contributed by atoms with Crippen LogP contribution in [0.2, 0.25) is 0 Å². The third-order valence-electron chi connectivity index (χ3n) is 9.39. The zero-order valence-electron chi connectivity index (χ0n) is 23.8. The predicted molar refractivity (Wildman–Crippen MR) is 153 cm³/mol. The van der Waals surface area contributed by atoms with Crippen LogP contribution in [-0.4, -0.2) is 73.0 Å². The van der Waals surface area contributed by atoms with Crippen LogP contribution in [0.1, 0.15) is 43.2 Å². The summed E-state index contributed by atoms with van der Waals surface area (Å²) >= 11 is 0. The van der Waals surface area contributed by atoms with Crippen LogP contribution >= 0.6 is 0 Å². The number of hydrogen-bond acceptors (Lipinski definition) is 6. The molecule has 0 radical (unpaired) electrons. The van der Waals surface area contributed by atoms with Crippen LogP contribution in [-0.2, 0) is 29.8 Å². The Morgan fingerprint density at radius 1 is 1.09 bits per heavy atom. The Labute approximate surface area is 252 Å². The topological polar surface area (TPSA) is 133 Å². The van der Waals surface area contributed by atoms with Gasteiger partial charge in [-0.2, -0.15) is 4.39 Å². The maximum Gasteiger partial charge on any atom is 0.264 e. The highest BCUT2D eigenvalue weighted by atomic mass is 32.2. The van der Waals surface area contributed by atoms with Gasteiger partial charge in [0.25, 0.3) is 11.8 Å². The molecule has 0 spiro atoms. The van der Waals surface area contributed by atoms with Crippen molar-refractivity contribution in [3.63, 3.8) is 0 Å². The van der Waals surface area contributed by atoms with Crippen molar-refractivity contribution in [2.24, 2.45) is 11.8 Å². The van der Waals surface area contributed by atoms with E-state index in [-0.39, 0.29) is 36.3 Å². The van der Waals surface area contributed by atoms with Crippen molar-refractivity contribution in [2.75, 3.05) is 12.8 Å². The first-order valence-corrected chi connectivity index (χ1v) is 16.4. The minimum Gasteiger partial charge on any atom is -0.372 e. The van der Waals surface area contributed by atoms with E-state index >= 15 is 8.78 Å². The monoisotopic (exact) mass is 631 g/mol. The fraction of sp³-hybridized carbons (Fsp3) is 0.452. The number of alkyl halides is 2. The summed E-state index contributed by atoms with van der Waals surface area (Å²) in [4.78, 5) is 41.8. The molecule has 0 unspecified atom stereocenters. The van der Waals surface area contributed by atoms with Gasteiger partial charge in [-0.25, -0.2) is 17.2 Å². The molecule has 7 rings (SSSR count). The van der Waals surface area contributed by atoms with Crippen molar-refractivity contribution in [2.45, 2.75) is 61.8 Å². The average molecular weight is 632 g/mol. The zero-order chi connectivity index (χ0) is 31.6. The quantitative estimate of drug-likeness (QED) is 0.431. The number of fused-ring (bicyclic) bond motifs is 6. The summed E-state index contributed by atoms with van der Waals surface area (Å²) in [6.07, 6.45) is 0.872. The number of piperidine rings is 2. The number of sulfone groups is 1. The smallest absolute Gasteiger partial charge is 0.264 e. The summed E-state index contributed by atoms with van der Waals surface area (Å²) in [5, 5.41) is 15.8. The van der Waals surface area contributed by atoms with Crippen molar-refractivity contribution in [3.05, 3.63) is 70.9 Å². The van der Waals surface area contributed by atoms with E-state index < -0.39 is 74.7 Å². The predicted octanol–water partition coefficient (Wildman–Crippen LogP) is 2.78. The highest BCUT2D eigenvalue weighted by Crippen LogP contribution is 2.53. The number of nitrogens with zero attached hydrogens (tertiary/aromatic N) is 1. The number of carbonyl (C=O) groups excluding carboxylic acids is 3. The maximum absolute atomic E-state index is 15.4. The molecule has 3 aliphatic heterocycles. The van der Waals surface area contributed by atoms with E-state index in [1.165, 1.54) is 0 Å². The molecule has 3 heterocycles. The second-order valence-electron chi connectivity index (χ2n) is 12.1. The van der Waals surface area contributed by atoms with Crippen LogP contribution in [0, 0.1) is 11.8 Å². The van der Waals surface area contributed by atoms with Crippen LogP contribution < -0.4 is 10.6 Å². The number of carbonyl (C=O) groups is 3. The van der Waals surface area contributed by atoms with E-state index in [4.69, 9.17) is 0 Å². The lowest BCUT2D eigenvalue weighted by Gasteiger charge is -2.55. The molecule has 2 bridgehead atoms. The molecular formula is C31H32F3N3O6S. The van der Waals surface area contributed by atoms with Gasteiger partial charge in [0.15, 0.2) is 5.60 Å². The average Bonchev–Trinajstić information content (AvgIpc) is 3.50. The molecule has 1 saturated carbocycles. The van der Waals surface area contributed by atoms with Crippen LogP contribution in [0.15, 0.2) is 59.8 Å². The van der Waals surface area contributed by atoms with Gasteiger partial charge in [0.05, 0.1) is 12.0 Å². The second-order valence-corrected chi connectivity index (χ2v) is 14.1. The fourth-order valence-corrected chi connectivity index (χ4v) is 7.73. The highest BCUT2D eigenvalue weighted by Gasteiger charge is 2.63. The molecular weight excluding hydrogens is 599 g/mol. The van der Waals surface area contributed by atoms with E-state index in [9.17, 15) is 32.3 Å². The summed E-state index contributed by atoms with van der Waals surface area (Å²) < 4.78 is 69.1. The molecule has 5 atom stereocenters. The summed E-state index contributed by atoms with van der Waals surface area (Å²) in [6.45, 7) is 0.338. The number of rotatable bonds is 7. The van der Waals surface area contributed by atoms with Gasteiger partial charge in [-0.15, -0.1) is 0 Å². The first kappa shape index (κ1) is 30.3. The zero-order valence-corrected chi connectivity index (χ0v) is 24.6. The van der Waals surface area contributed by atoms with Gasteiger partial charge in [0, 0.05) is 42.3 Å². The van der Waals surface area contributed by atoms with E-state index in [0.29, 0.717) is 36.4 Å². The minimum absolute atomic E-state index is 0.0750. The number of nitrogens with one attached hydrogen (secondary N) is 2. The van der Waals surface area contributed by atoms with E-state index in [2.05, 4.69) is 10.6 Å². The lowest BCUT2D eigenvalue weighted by molar-refractivity contribution is -0.201. The molecule has 13 heteroatoms. The van der Waals surface area contributed by atoms with Crippen LogP contribution in [0.4, 0.5) is 13.2 Å². The van der Waals surface area contributed by atoms with Gasteiger partial charge in [-0.3, -0.25) is 14.4 Å². The number of halogens is 3. The normalized spacial score (nSPS) is 27.3. The van der Waals surface area contributed by atoms with Gasteiger partial charge in [0.2, 0.25) is 26.8 Å². The molecule has 0 aromatic heterocycles. The molecule has 9 nitrogen and oxygen atoms in total. The fourth-order valence-electron chi connectivity index (χ4n) is 7.32. The summed E-state index contributed by atoms with van der Waals surface area (Å²) in [6, 6.07) is 9.27. The Hall–Kier alpha value is -3.71. The number of aliphatic hydroxyl groups is 1. The largest absolute Gasteiger partial charge is 0.372 e. The standard InChI is InChI=1S/C31H32F3N3O6S/c1-44(42,43)25(32)15-18(14-17-12-13-35-27(17)38)36-28(39)26-24-11-10-19(16-30(24,33)34)37(26)29(40)31(41)22-8-4-2-6-20(22)21-7-3-5-9-23(21)31/h2-9,15,17-19,24,26,41H,10-14,16H2,1H3,(H,35,38)(H,36,39)/b25-15-/t17-,18-,19+,24+,26+/m1/s1. The molecule has 3 amide bonds. The summed E-state index contributed by atoms with van der Waals surface area (Å²) in [5.41, 5.74) is -0.529. The molecule has 2 aromatic rings. The molecule has 2 aromatic carbocycles. The molecule has 3 N–H and O–H groups in total. The third-order valence-corrected chi connectivity index (χ3v) is 10.2. The summed E-state index contributed by atoms with van der Waals surface area (Å²) in [7, 11) is -4.31. The lowest BCUT2D eigenvalue weighted by atomic mass is 9.70. The first-order valence-electron chi connectivity index (χ1n) is 14.5. The van der Waals surface area contributed by atoms with Gasteiger partial charge in [0.1, 0.15) is 6.04 Å². The van der Waals surface area contributed by atoms with Gasteiger partial charge >= 0.3 is 0 Å². The lowest BCUT2D eigenvalue weighted by Crippen LogP contribution is -2.70. The molecule has 4 fully saturated rings. The molecule has 5 aliphatic rings. The molecule has 234 valence electrons. The van der Waals surface area contributed by atoms with Crippen LogP contribution in [0.25, 0.3) is 11.1 Å². The molecule has 2 aliphatic carbocycles. The summed E-state index contributed by atoms with van der Waals surface area (Å²) in [5.74, 6) is -7.94. The Kier molecular flexibility index (Phi) is 7.39. The number of benzene rings is 2. The Morgan fingerprint density at radius 2 is 1.70 bits per heavy atom. The maximum atomic E-state index is 15.4. The van der Waals surface area contributed by atoms with Crippen molar-refractivity contribution >= 4 is 27.6 Å². The number of hydrogen-bond donors (Lipinski definition) is 3. The molecule has 3 saturated heterocycles. The van der Waals surface area contributed by atoms with Crippen molar-refractivity contribution in [3.8, 4) is 11.1 Å². The van der Waals surface area contributed by atoms with E-state index in [0.717, 1.165) is 4.90 Å². The van der Waals surface area contributed by atoms with E-state index in [1.807, 2.05) is 0 Å². The van der Waals surface area contributed by atoms with Gasteiger partial charge < -0.3 is 20.6 Å². The second kappa shape index (κ2) is 10.7. The van der Waals surface area contributed by atoms with Crippen molar-refractivity contribution in [1.82, 2.24) is 15.5 Å². The van der Waals surface area contributed by atoms with Crippen molar-refractivity contribution < 1.29 is 41.1 Å². The first-order chi connectivity index (χ1) is 20.7. The Morgan fingerprint density at radius 3 is 2.25 bits per heavy atom. The van der Waals surface area contributed by atoms with Gasteiger partial charge in [-0.1, -0.05) is 48.5 Å². The van der Waals surface area contributed by atoms with Gasteiger partial charge in [-0.05, 0) is 42.9 Å². The Bertz CT molecular complexity index is 1630. The van der Waals surface area contributed by atoms with Crippen molar-refractivity contribution in [1.29, 1.82) is 0 Å². The van der Waals surface area contributed by atoms with E-state index in [1.54, 1.807) is 48.5 Å². The van der Waals surface area contributed by atoms with Crippen LogP contribution in [0.5, 0.6) is 0 Å². The van der Waals surface area contributed by atoms with Crippen LogP contribution in [0.3, 0.4) is 0 Å². The highest BCUT2D eigenvalue weighted by molar-refractivity contribution is 7.94. The third kappa shape index (κ3) is 4.90. The SMILES string of the molecule is CS(=O)(=O)/C(F)=C\[C@@H](C[C@H]1CCNC1=O)NC(=O)[C@@H]1[C@@H]2CC[C@@H](CC2(F)F)N1C(=O)C1(O)c2ccccc2-c2ccccc21. The minimum atomic E-state index is -4.31. The Balaban J connectivity index is 1.39. The molecule has 44 heavy (non-hydrogen) atoms.